The SMILES string of the molecule is COc1ccc2c(c1)CC(C(=O)Nc1ccc(B3OC(C)(C)C(C)(C)O3)cc1O)CO2. The molecule has 0 aromatic heterocycles. The summed E-state index contributed by atoms with van der Waals surface area (Å²) >= 11 is 0. The minimum absolute atomic E-state index is 0.0423. The van der Waals surface area contributed by atoms with Crippen LogP contribution in [0.1, 0.15) is 33.3 Å². The van der Waals surface area contributed by atoms with Gasteiger partial charge < -0.3 is 29.2 Å². The molecule has 2 aliphatic rings. The van der Waals surface area contributed by atoms with Gasteiger partial charge in [0, 0.05) is 0 Å². The molecule has 8 heteroatoms. The minimum Gasteiger partial charge on any atom is -0.506 e. The molecule has 1 atom stereocenters. The van der Waals surface area contributed by atoms with Crippen molar-refractivity contribution in [1.29, 1.82) is 0 Å². The number of rotatable bonds is 4. The number of carbonyl (C=O) groups excluding carboxylic acids is 1. The first-order valence-electron chi connectivity index (χ1n) is 10.4. The monoisotopic (exact) mass is 425 g/mol. The summed E-state index contributed by atoms with van der Waals surface area (Å²) < 4.78 is 23.0. The lowest BCUT2D eigenvalue weighted by Gasteiger charge is -2.32. The van der Waals surface area contributed by atoms with E-state index >= 15 is 0 Å². The van der Waals surface area contributed by atoms with Crippen LogP contribution in [0.3, 0.4) is 0 Å². The summed E-state index contributed by atoms with van der Waals surface area (Å²) in [6, 6.07) is 10.6. The second-order valence-electron chi connectivity index (χ2n) is 9.04. The summed E-state index contributed by atoms with van der Waals surface area (Å²) in [6.45, 7) is 8.17. The van der Waals surface area contributed by atoms with E-state index in [4.69, 9.17) is 18.8 Å². The van der Waals surface area contributed by atoms with Gasteiger partial charge in [-0.25, -0.2) is 0 Å². The van der Waals surface area contributed by atoms with Gasteiger partial charge in [0.15, 0.2) is 0 Å². The van der Waals surface area contributed by atoms with Crippen LogP contribution in [-0.4, -0.2) is 43.1 Å². The summed E-state index contributed by atoms with van der Waals surface area (Å²) in [5, 5.41) is 13.3. The number of nitrogens with one attached hydrogen (secondary N) is 1. The minimum atomic E-state index is -0.584. The number of aromatic hydroxyl groups is 1. The molecule has 0 bridgehead atoms. The molecular formula is C23H28BNO6. The first-order valence-corrected chi connectivity index (χ1v) is 10.4. The van der Waals surface area contributed by atoms with Gasteiger partial charge in [-0.05, 0) is 75.5 Å². The van der Waals surface area contributed by atoms with Gasteiger partial charge in [0.25, 0.3) is 0 Å². The van der Waals surface area contributed by atoms with E-state index in [0.717, 1.165) is 17.1 Å². The van der Waals surface area contributed by atoms with Crippen molar-refractivity contribution < 1.29 is 28.7 Å². The number of phenolic OH excluding ortho intramolecular Hbond substituents is 1. The Morgan fingerprint density at radius 3 is 2.48 bits per heavy atom. The third-order valence-electron chi connectivity index (χ3n) is 6.35. The van der Waals surface area contributed by atoms with Crippen LogP contribution in [0.5, 0.6) is 17.2 Å². The summed E-state index contributed by atoms with van der Waals surface area (Å²) in [5.41, 5.74) is 1.00. The van der Waals surface area contributed by atoms with Gasteiger partial charge in [-0.1, -0.05) is 6.07 Å². The molecule has 0 radical (unpaired) electrons. The number of methoxy groups -OCH3 is 1. The molecule has 1 unspecified atom stereocenters. The Balaban J connectivity index is 1.45. The van der Waals surface area contributed by atoms with Crippen molar-refractivity contribution in [2.24, 2.45) is 5.92 Å². The molecule has 0 saturated carbocycles. The van der Waals surface area contributed by atoms with E-state index in [2.05, 4.69) is 5.32 Å². The molecule has 164 valence electrons. The zero-order chi connectivity index (χ0) is 22.4. The quantitative estimate of drug-likeness (QED) is 0.579. The van der Waals surface area contributed by atoms with Crippen LogP contribution in [0.4, 0.5) is 5.69 Å². The van der Waals surface area contributed by atoms with Crippen LogP contribution in [0.15, 0.2) is 36.4 Å². The van der Waals surface area contributed by atoms with Crippen molar-refractivity contribution in [3.8, 4) is 17.2 Å². The topological polar surface area (TPSA) is 86.3 Å². The van der Waals surface area contributed by atoms with Crippen molar-refractivity contribution >= 4 is 24.2 Å². The van der Waals surface area contributed by atoms with Gasteiger partial charge in [-0.15, -0.1) is 0 Å². The summed E-state index contributed by atoms with van der Waals surface area (Å²) in [6.07, 6.45) is 0.533. The third-order valence-corrected chi connectivity index (χ3v) is 6.35. The Morgan fingerprint density at radius 1 is 1.13 bits per heavy atom. The van der Waals surface area contributed by atoms with Crippen LogP contribution in [0.2, 0.25) is 0 Å². The molecule has 0 aliphatic carbocycles. The standard InChI is InChI=1S/C23H28BNO6/c1-22(2)23(3,4)31-24(30-22)16-6-8-18(19(26)12-16)25-21(27)15-10-14-11-17(28-5)7-9-20(14)29-13-15/h6-9,11-12,15,26H,10,13H2,1-5H3,(H,25,27). The van der Waals surface area contributed by atoms with Gasteiger partial charge in [0.1, 0.15) is 23.9 Å². The highest BCUT2D eigenvalue weighted by molar-refractivity contribution is 6.62. The van der Waals surface area contributed by atoms with Crippen molar-refractivity contribution in [2.45, 2.75) is 45.3 Å². The molecule has 31 heavy (non-hydrogen) atoms. The predicted molar refractivity (Wildman–Crippen MR) is 118 cm³/mol. The average molecular weight is 425 g/mol. The molecule has 1 amide bonds. The number of phenols is 1. The fourth-order valence-electron chi connectivity index (χ4n) is 3.68. The summed E-state index contributed by atoms with van der Waals surface area (Å²) in [5.74, 6) is 0.854. The first-order chi connectivity index (χ1) is 14.6. The molecule has 1 saturated heterocycles. The molecule has 1 fully saturated rings. The highest BCUT2D eigenvalue weighted by atomic mass is 16.7. The zero-order valence-corrected chi connectivity index (χ0v) is 18.5. The maximum absolute atomic E-state index is 12.8. The van der Waals surface area contributed by atoms with Gasteiger partial charge >= 0.3 is 7.12 Å². The van der Waals surface area contributed by atoms with E-state index in [1.54, 1.807) is 25.3 Å². The number of ether oxygens (including phenoxy) is 2. The van der Waals surface area contributed by atoms with Crippen molar-refractivity contribution in [1.82, 2.24) is 0 Å². The van der Waals surface area contributed by atoms with Gasteiger partial charge in [-0.2, -0.15) is 0 Å². The molecule has 7 nitrogen and oxygen atoms in total. The number of benzene rings is 2. The Morgan fingerprint density at radius 2 is 1.84 bits per heavy atom. The number of fused-ring (bicyclic) bond motifs is 1. The van der Waals surface area contributed by atoms with Crippen LogP contribution >= 0.6 is 0 Å². The molecule has 2 N–H and O–H groups in total. The largest absolute Gasteiger partial charge is 0.506 e. The fourth-order valence-corrected chi connectivity index (χ4v) is 3.68. The molecule has 2 aliphatic heterocycles. The smallest absolute Gasteiger partial charge is 0.494 e. The Kier molecular flexibility index (Phi) is 5.39. The van der Waals surface area contributed by atoms with E-state index in [1.807, 2.05) is 45.9 Å². The highest BCUT2D eigenvalue weighted by Gasteiger charge is 2.51. The first kappa shape index (κ1) is 21.5. The van der Waals surface area contributed by atoms with Gasteiger partial charge in [0.05, 0.1) is 29.9 Å². The van der Waals surface area contributed by atoms with Crippen molar-refractivity contribution in [2.75, 3.05) is 19.0 Å². The van der Waals surface area contributed by atoms with Crippen molar-refractivity contribution in [3.05, 3.63) is 42.0 Å². The summed E-state index contributed by atoms with van der Waals surface area (Å²) in [4.78, 5) is 12.8. The van der Waals surface area contributed by atoms with Crippen LogP contribution in [0.25, 0.3) is 0 Å². The number of hydrogen-bond acceptors (Lipinski definition) is 6. The number of anilines is 1. The molecular weight excluding hydrogens is 397 g/mol. The van der Waals surface area contributed by atoms with Crippen LogP contribution < -0.4 is 20.3 Å². The van der Waals surface area contributed by atoms with E-state index in [0.29, 0.717) is 17.6 Å². The molecule has 0 spiro atoms. The van der Waals surface area contributed by atoms with Crippen LogP contribution in [0, 0.1) is 5.92 Å². The Labute approximate surface area is 182 Å². The van der Waals surface area contributed by atoms with E-state index in [1.165, 1.54) is 0 Å². The van der Waals surface area contributed by atoms with E-state index in [9.17, 15) is 9.90 Å². The summed E-state index contributed by atoms with van der Waals surface area (Å²) in [7, 11) is 1.02. The third kappa shape index (κ3) is 4.10. The molecule has 4 rings (SSSR count). The Bertz CT molecular complexity index is 990. The lowest BCUT2D eigenvalue weighted by Crippen LogP contribution is -2.41. The zero-order valence-electron chi connectivity index (χ0n) is 18.5. The molecule has 2 aromatic carbocycles. The van der Waals surface area contributed by atoms with Crippen LogP contribution in [-0.2, 0) is 20.5 Å². The number of hydrogen-bond donors (Lipinski definition) is 2. The van der Waals surface area contributed by atoms with E-state index in [-0.39, 0.29) is 24.2 Å². The lowest BCUT2D eigenvalue weighted by molar-refractivity contribution is -0.121. The average Bonchev–Trinajstić information content (AvgIpc) is 2.95. The van der Waals surface area contributed by atoms with E-state index < -0.39 is 18.3 Å². The second-order valence-corrected chi connectivity index (χ2v) is 9.04. The molecule has 2 aromatic rings. The van der Waals surface area contributed by atoms with Crippen molar-refractivity contribution in [3.63, 3.8) is 0 Å². The second kappa shape index (κ2) is 7.77. The highest BCUT2D eigenvalue weighted by Crippen LogP contribution is 2.37. The number of amides is 1. The maximum atomic E-state index is 12.8. The van der Waals surface area contributed by atoms with Gasteiger partial charge in [0.2, 0.25) is 5.91 Å². The maximum Gasteiger partial charge on any atom is 0.494 e. The normalized spacial score (nSPS) is 21.2. The predicted octanol–water partition coefficient (Wildman–Crippen LogP) is 2.89. The van der Waals surface area contributed by atoms with Gasteiger partial charge in [-0.3, -0.25) is 4.79 Å². The number of carbonyl (C=O) groups is 1. The Hall–Kier alpha value is -2.71. The molecule has 2 heterocycles. The lowest BCUT2D eigenvalue weighted by atomic mass is 9.79. The fraction of sp³-hybridized carbons (Fsp3) is 0.435.